The van der Waals surface area contributed by atoms with Gasteiger partial charge in [0.1, 0.15) is 6.07 Å². The molecular weight excluding hydrogens is 599 g/mol. The number of hydrogen-bond acceptors (Lipinski definition) is 2. The summed E-state index contributed by atoms with van der Waals surface area (Å²) in [4.78, 5) is 0. The molecule has 0 saturated heterocycles. The molecule has 0 spiro atoms. The van der Waals surface area contributed by atoms with Crippen molar-refractivity contribution in [3.8, 4) is 29.2 Å². The molecule has 0 unspecified atom stereocenters. The quantitative estimate of drug-likeness (QED) is 0.197. The summed E-state index contributed by atoms with van der Waals surface area (Å²) in [7, 11) is 0. The van der Waals surface area contributed by atoms with Gasteiger partial charge < -0.3 is 13.7 Å². The van der Waals surface area contributed by atoms with Crippen LogP contribution in [0.25, 0.3) is 82.5 Å². The summed E-state index contributed by atoms with van der Waals surface area (Å²) in [6.07, 6.45) is 0. The van der Waals surface area contributed by atoms with Gasteiger partial charge in [0.2, 0.25) is 0 Å². The highest BCUT2D eigenvalue weighted by Gasteiger charge is 2.25. The molecule has 0 aliphatic carbocycles. The highest BCUT2D eigenvalue weighted by Crippen LogP contribution is 2.46. The number of nitriles is 2. The van der Waals surface area contributed by atoms with Crippen LogP contribution < -0.4 is 0 Å². The van der Waals surface area contributed by atoms with Gasteiger partial charge in [-0.1, -0.05) is 84.9 Å². The lowest BCUT2D eigenvalue weighted by molar-refractivity contribution is 1.17. The van der Waals surface area contributed by atoms with Crippen LogP contribution >= 0.6 is 0 Å². The third kappa shape index (κ3) is 3.67. The fraction of sp³-hybridized carbons (Fsp3) is 0. The molecule has 0 bridgehead atoms. The molecule has 0 radical (unpaired) electrons. The van der Waals surface area contributed by atoms with Crippen LogP contribution in [0, 0.1) is 22.7 Å². The fourth-order valence-corrected chi connectivity index (χ4v) is 7.94. The van der Waals surface area contributed by atoms with E-state index in [1.165, 1.54) is 0 Å². The molecule has 0 N–H and O–H groups in total. The number of nitrogens with zero attached hydrogens (tertiary/aromatic N) is 5. The van der Waals surface area contributed by atoms with Crippen molar-refractivity contribution in [1.29, 1.82) is 10.5 Å². The molecule has 0 aliphatic heterocycles. The van der Waals surface area contributed by atoms with Gasteiger partial charge in [-0.3, -0.25) is 0 Å². The second-order valence-electron chi connectivity index (χ2n) is 12.4. The van der Waals surface area contributed by atoms with E-state index in [2.05, 4.69) is 147 Å². The molecular formula is C44H25N5. The molecule has 0 aliphatic rings. The van der Waals surface area contributed by atoms with Gasteiger partial charge in [0.15, 0.2) is 0 Å². The van der Waals surface area contributed by atoms with E-state index in [9.17, 15) is 10.5 Å². The number of rotatable bonds is 3. The zero-order valence-corrected chi connectivity index (χ0v) is 26.2. The van der Waals surface area contributed by atoms with Crippen LogP contribution in [0.3, 0.4) is 0 Å². The number of aromatic nitrogens is 3. The van der Waals surface area contributed by atoms with Crippen molar-refractivity contribution in [2.24, 2.45) is 0 Å². The number of fused-ring (bicyclic) bond motifs is 11. The van der Waals surface area contributed by atoms with E-state index in [1.807, 2.05) is 24.3 Å². The van der Waals surface area contributed by atoms with Crippen molar-refractivity contribution in [3.63, 3.8) is 0 Å². The van der Waals surface area contributed by atoms with Crippen LogP contribution in [0.2, 0.25) is 0 Å². The standard InChI is InChI=1S/C44H25N5/c45-26-28-19-22-36(29(25-28)27-46)49-43-32(20-23-39-41(43)34-15-7-9-17-37(34)47(39)30-11-3-1-4-12-30)33-21-24-40-42(44(33)49)35-16-8-10-18-38(35)48(40)31-13-5-2-6-14-31/h1-25H. The molecule has 0 saturated carbocycles. The van der Waals surface area contributed by atoms with Crippen molar-refractivity contribution >= 4 is 65.4 Å². The van der Waals surface area contributed by atoms with E-state index < -0.39 is 0 Å². The maximum atomic E-state index is 10.6. The molecule has 5 heteroatoms. The summed E-state index contributed by atoms with van der Waals surface area (Å²) in [5, 5.41) is 27.1. The van der Waals surface area contributed by atoms with Crippen molar-refractivity contribution < 1.29 is 0 Å². The van der Waals surface area contributed by atoms with Gasteiger partial charge in [0.05, 0.1) is 56.0 Å². The highest BCUT2D eigenvalue weighted by molar-refractivity contribution is 6.31. The summed E-state index contributed by atoms with van der Waals surface area (Å²) >= 11 is 0. The predicted molar refractivity (Wildman–Crippen MR) is 199 cm³/mol. The fourth-order valence-electron chi connectivity index (χ4n) is 7.94. The first-order chi connectivity index (χ1) is 24.3. The third-order valence-corrected chi connectivity index (χ3v) is 9.88. The van der Waals surface area contributed by atoms with Crippen molar-refractivity contribution in [2.75, 3.05) is 0 Å². The molecule has 0 fully saturated rings. The second-order valence-corrected chi connectivity index (χ2v) is 12.4. The van der Waals surface area contributed by atoms with Crippen molar-refractivity contribution in [2.45, 2.75) is 0 Å². The zero-order chi connectivity index (χ0) is 32.6. The van der Waals surface area contributed by atoms with Crippen LogP contribution in [-0.2, 0) is 0 Å². The molecule has 3 heterocycles. The number of para-hydroxylation sites is 4. The van der Waals surface area contributed by atoms with Crippen LogP contribution in [0.4, 0.5) is 0 Å². The van der Waals surface area contributed by atoms with Crippen LogP contribution in [0.5, 0.6) is 0 Å². The Kier molecular flexibility index (Phi) is 5.64. The van der Waals surface area contributed by atoms with Gasteiger partial charge in [-0.25, -0.2) is 0 Å². The van der Waals surface area contributed by atoms with E-state index in [1.54, 1.807) is 6.07 Å². The van der Waals surface area contributed by atoms with Gasteiger partial charge in [-0.15, -0.1) is 0 Å². The predicted octanol–water partition coefficient (Wildman–Crippen LogP) is 10.7. The molecule has 0 amide bonds. The summed E-state index contributed by atoms with van der Waals surface area (Å²) < 4.78 is 6.94. The first kappa shape index (κ1) is 27.1. The Balaban J connectivity index is 1.50. The molecule has 5 nitrogen and oxygen atoms in total. The third-order valence-electron chi connectivity index (χ3n) is 9.88. The molecule has 10 rings (SSSR count). The molecule has 226 valence electrons. The monoisotopic (exact) mass is 623 g/mol. The van der Waals surface area contributed by atoms with Crippen LogP contribution in [-0.4, -0.2) is 13.7 Å². The lowest BCUT2D eigenvalue weighted by atomic mass is 10.1. The van der Waals surface area contributed by atoms with E-state index >= 15 is 0 Å². The Hall–Kier alpha value is -7.08. The Morgan fingerprint density at radius 2 is 0.878 bits per heavy atom. The topological polar surface area (TPSA) is 62.4 Å². The minimum absolute atomic E-state index is 0.449. The van der Waals surface area contributed by atoms with E-state index in [-0.39, 0.29) is 0 Å². The maximum Gasteiger partial charge on any atom is 0.101 e. The lowest BCUT2D eigenvalue weighted by Crippen LogP contribution is -1.99. The highest BCUT2D eigenvalue weighted by atomic mass is 15.0. The summed E-state index contributed by atoms with van der Waals surface area (Å²) in [6, 6.07) is 57.1. The first-order valence-corrected chi connectivity index (χ1v) is 16.2. The lowest BCUT2D eigenvalue weighted by Gasteiger charge is -2.13. The number of benzene rings is 7. The minimum atomic E-state index is 0.449. The second kappa shape index (κ2) is 10.2. The minimum Gasteiger partial charge on any atom is -0.309 e. The largest absolute Gasteiger partial charge is 0.309 e. The smallest absolute Gasteiger partial charge is 0.101 e. The normalized spacial score (nSPS) is 11.6. The SMILES string of the molecule is N#Cc1ccc(-n2c3c(ccc4c3c3ccccc3n4-c3ccccc3)c3ccc4c(c5ccccc5n4-c4ccccc4)c32)c(C#N)c1. The molecule has 0 atom stereocenters. The van der Waals surface area contributed by atoms with Crippen LogP contribution in [0.1, 0.15) is 11.1 Å². The average molecular weight is 624 g/mol. The Bertz CT molecular complexity index is 2880. The Labute approximate surface area is 280 Å². The van der Waals surface area contributed by atoms with Crippen molar-refractivity contribution in [3.05, 3.63) is 163 Å². The van der Waals surface area contributed by atoms with E-state index in [0.717, 1.165) is 82.5 Å². The molecule has 3 aromatic heterocycles. The Morgan fingerprint density at radius 1 is 0.388 bits per heavy atom. The van der Waals surface area contributed by atoms with E-state index in [0.29, 0.717) is 11.1 Å². The summed E-state index contributed by atoms with van der Waals surface area (Å²) in [5.41, 5.74) is 10.3. The zero-order valence-electron chi connectivity index (χ0n) is 26.2. The van der Waals surface area contributed by atoms with Gasteiger partial charge in [-0.2, -0.15) is 10.5 Å². The summed E-state index contributed by atoms with van der Waals surface area (Å²) in [5.74, 6) is 0. The first-order valence-electron chi connectivity index (χ1n) is 16.2. The maximum absolute atomic E-state index is 10.6. The molecule has 10 aromatic rings. The summed E-state index contributed by atoms with van der Waals surface area (Å²) in [6.45, 7) is 0. The van der Waals surface area contributed by atoms with Gasteiger partial charge in [0.25, 0.3) is 0 Å². The van der Waals surface area contributed by atoms with Gasteiger partial charge >= 0.3 is 0 Å². The molecule has 49 heavy (non-hydrogen) atoms. The van der Waals surface area contributed by atoms with E-state index in [4.69, 9.17) is 0 Å². The molecule has 7 aromatic carbocycles. The average Bonchev–Trinajstić information content (AvgIpc) is 3.80. The van der Waals surface area contributed by atoms with Crippen molar-refractivity contribution in [1.82, 2.24) is 13.7 Å². The van der Waals surface area contributed by atoms with Crippen LogP contribution in [0.15, 0.2) is 152 Å². The van der Waals surface area contributed by atoms with Gasteiger partial charge in [0, 0.05) is 43.7 Å². The number of hydrogen-bond donors (Lipinski definition) is 0. The Morgan fingerprint density at radius 3 is 1.37 bits per heavy atom. The van der Waals surface area contributed by atoms with Gasteiger partial charge in [-0.05, 0) is 66.7 Å².